The summed E-state index contributed by atoms with van der Waals surface area (Å²) in [5.41, 5.74) is 1.97. The topological polar surface area (TPSA) is 87.0 Å². The van der Waals surface area contributed by atoms with Crippen LogP contribution in [0, 0.1) is 39.4 Å². The van der Waals surface area contributed by atoms with Gasteiger partial charge in [0, 0.05) is 12.3 Å². The Bertz CT molecular complexity index is 962. The number of rotatable bonds is 7. The molecule has 0 spiro atoms. The molecule has 0 amide bonds. The molecule has 3 N–H and O–H groups in total. The van der Waals surface area contributed by atoms with Gasteiger partial charge in [0.1, 0.15) is 11.7 Å². The van der Waals surface area contributed by atoms with E-state index >= 15 is 0 Å². The van der Waals surface area contributed by atoms with Gasteiger partial charge in [0.2, 0.25) is 0 Å². The van der Waals surface area contributed by atoms with Crippen molar-refractivity contribution in [2.75, 3.05) is 6.61 Å². The van der Waals surface area contributed by atoms with Gasteiger partial charge in [0.15, 0.2) is 0 Å². The second kappa shape index (κ2) is 9.48. The van der Waals surface area contributed by atoms with E-state index in [1.54, 1.807) is 11.1 Å². The van der Waals surface area contributed by atoms with Crippen LogP contribution in [0.5, 0.6) is 0 Å². The van der Waals surface area contributed by atoms with Crippen LogP contribution in [-0.2, 0) is 9.53 Å². The van der Waals surface area contributed by atoms with Gasteiger partial charge in [-0.2, -0.15) is 0 Å². The minimum absolute atomic E-state index is 0.0262. The predicted molar refractivity (Wildman–Crippen MR) is 147 cm³/mol. The van der Waals surface area contributed by atoms with Crippen molar-refractivity contribution in [2.45, 2.75) is 125 Å². The molecule has 5 nitrogen and oxygen atoms in total. The number of fused-ring (bicyclic) bond motifs is 5. The number of carbonyl (C=O) groups is 1. The molecule has 5 heteroatoms. The fourth-order valence-corrected chi connectivity index (χ4v) is 9.38. The first-order chi connectivity index (χ1) is 17.0. The molecule has 9 atom stereocenters. The van der Waals surface area contributed by atoms with E-state index in [0.717, 1.165) is 32.1 Å². The Morgan fingerprint density at radius 1 is 1.11 bits per heavy atom. The quantitative estimate of drug-likeness (QED) is 0.363. The molecule has 2 fully saturated rings. The highest BCUT2D eigenvalue weighted by atomic mass is 16.5. The van der Waals surface area contributed by atoms with Gasteiger partial charge in [-0.25, -0.2) is 0 Å². The Labute approximate surface area is 224 Å². The number of hydrogen-bond donors (Lipinski definition) is 3. The lowest BCUT2D eigenvalue weighted by atomic mass is 9.44. The van der Waals surface area contributed by atoms with Crippen molar-refractivity contribution in [1.29, 1.82) is 0 Å². The number of carbonyl (C=O) groups excluding carboxylic acids is 1. The van der Waals surface area contributed by atoms with E-state index in [1.807, 2.05) is 0 Å². The SMILES string of the molecule is CC(=O)OC1CCC2(C)C3=CCC4(C)C(C(C)CCC(O)C(C)(O)CO)CCC4(C)C3=CCC2C1(C)C. The molecule has 0 radical (unpaired) electrons. The number of hydrogen-bond acceptors (Lipinski definition) is 5. The molecule has 210 valence electrons. The Hall–Kier alpha value is -1.17. The van der Waals surface area contributed by atoms with E-state index in [0.29, 0.717) is 24.2 Å². The normalized spacial score (nSPS) is 41.8. The molecule has 0 aromatic carbocycles. The monoisotopic (exact) mass is 516 g/mol. The first-order valence-electron chi connectivity index (χ1n) is 14.6. The molecule has 9 unspecified atom stereocenters. The van der Waals surface area contributed by atoms with Gasteiger partial charge in [0.25, 0.3) is 0 Å². The van der Waals surface area contributed by atoms with Crippen LogP contribution >= 0.6 is 0 Å². The lowest BCUT2D eigenvalue weighted by molar-refractivity contribution is -0.165. The summed E-state index contributed by atoms with van der Waals surface area (Å²) in [5.74, 6) is 1.24. The maximum absolute atomic E-state index is 11.8. The maximum atomic E-state index is 11.8. The smallest absolute Gasteiger partial charge is 0.302 e. The number of aliphatic hydroxyl groups excluding tert-OH is 2. The van der Waals surface area contributed by atoms with Gasteiger partial charge in [-0.1, -0.05) is 53.7 Å². The third kappa shape index (κ3) is 4.36. The third-order valence-electron chi connectivity index (χ3n) is 12.2. The average molecular weight is 517 g/mol. The van der Waals surface area contributed by atoms with Crippen LogP contribution < -0.4 is 0 Å². The summed E-state index contributed by atoms with van der Waals surface area (Å²) in [6, 6.07) is 0. The van der Waals surface area contributed by atoms with Gasteiger partial charge in [-0.15, -0.1) is 0 Å². The summed E-state index contributed by atoms with van der Waals surface area (Å²) in [5, 5.41) is 30.1. The second-order valence-electron chi connectivity index (χ2n) is 14.6. The number of allylic oxidation sites excluding steroid dienone is 4. The van der Waals surface area contributed by atoms with E-state index < -0.39 is 18.3 Å². The zero-order valence-corrected chi connectivity index (χ0v) is 24.6. The first kappa shape index (κ1) is 28.8. The van der Waals surface area contributed by atoms with Crippen LogP contribution in [-0.4, -0.2) is 45.7 Å². The minimum atomic E-state index is -1.45. The summed E-state index contributed by atoms with van der Waals surface area (Å²) in [6.45, 7) is 17.0. The van der Waals surface area contributed by atoms with Gasteiger partial charge < -0.3 is 20.1 Å². The standard InChI is InChI=1S/C32H52O5/c1-20(9-12-26(35)32(8,36)19-33)22-13-17-31(7)24-10-11-25-28(3,4)27(37-21(2)34)15-16-29(25,5)23(24)14-18-30(22,31)6/h10,14,20,22,25-27,33,35-36H,9,11-13,15-19H2,1-8H3. The first-order valence-corrected chi connectivity index (χ1v) is 14.6. The van der Waals surface area contributed by atoms with Crippen LogP contribution in [0.15, 0.2) is 23.3 Å². The zero-order chi connectivity index (χ0) is 27.6. The summed E-state index contributed by atoms with van der Waals surface area (Å²) in [6.07, 6.45) is 11.9. The molecule has 4 rings (SSSR count). The fraction of sp³-hybridized carbons (Fsp3) is 0.844. The molecular formula is C32H52O5. The summed E-state index contributed by atoms with van der Waals surface area (Å²) in [4.78, 5) is 11.8. The molecule has 0 saturated heterocycles. The van der Waals surface area contributed by atoms with Crippen LogP contribution in [0.2, 0.25) is 0 Å². The van der Waals surface area contributed by atoms with Crippen molar-refractivity contribution in [2.24, 2.45) is 39.4 Å². The molecule has 0 aromatic heterocycles. The van der Waals surface area contributed by atoms with Gasteiger partial charge in [0.05, 0.1) is 12.7 Å². The van der Waals surface area contributed by atoms with E-state index in [4.69, 9.17) is 4.74 Å². The molecule has 37 heavy (non-hydrogen) atoms. The van der Waals surface area contributed by atoms with E-state index in [-0.39, 0.29) is 33.7 Å². The predicted octanol–water partition coefficient (Wildman–Crippen LogP) is 5.96. The fourth-order valence-electron chi connectivity index (χ4n) is 9.38. The van der Waals surface area contributed by atoms with Gasteiger partial charge in [-0.3, -0.25) is 4.79 Å². The highest BCUT2D eigenvalue weighted by Crippen LogP contribution is 2.71. The van der Waals surface area contributed by atoms with Gasteiger partial charge in [-0.05, 0) is 103 Å². The highest BCUT2D eigenvalue weighted by molar-refractivity contribution is 5.66. The summed E-state index contributed by atoms with van der Waals surface area (Å²) in [7, 11) is 0. The van der Waals surface area contributed by atoms with Crippen molar-refractivity contribution in [3.8, 4) is 0 Å². The number of aliphatic hydroxyl groups is 3. The molecule has 0 bridgehead atoms. The van der Waals surface area contributed by atoms with E-state index in [1.165, 1.54) is 26.7 Å². The lowest BCUT2D eigenvalue weighted by Gasteiger charge is -2.61. The molecule has 2 saturated carbocycles. The van der Waals surface area contributed by atoms with Crippen LogP contribution in [0.4, 0.5) is 0 Å². The number of esters is 1. The van der Waals surface area contributed by atoms with Gasteiger partial charge >= 0.3 is 5.97 Å². The molecule has 4 aliphatic carbocycles. The average Bonchev–Trinajstić information content (AvgIpc) is 3.10. The Kier molecular flexibility index (Phi) is 7.39. The van der Waals surface area contributed by atoms with Crippen LogP contribution in [0.1, 0.15) is 107 Å². The second-order valence-corrected chi connectivity index (χ2v) is 14.6. The zero-order valence-electron chi connectivity index (χ0n) is 24.6. The lowest BCUT2D eigenvalue weighted by Crippen LogP contribution is -2.55. The maximum Gasteiger partial charge on any atom is 0.302 e. The largest absolute Gasteiger partial charge is 0.462 e. The Morgan fingerprint density at radius 2 is 1.78 bits per heavy atom. The third-order valence-corrected chi connectivity index (χ3v) is 12.2. The van der Waals surface area contributed by atoms with Crippen molar-refractivity contribution < 1.29 is 24.9 Å². The van der Waals surface area contributed by atoms with E-state index in [9.17, 15) is 20.1 Å². The highest BCUT2D eigenvalue weighted by Gasteiger charge is 2.63. The minimum Gasteiger partial charge on any atom is -0.462 e. The van der Waals surface area contributed by atoms with Crippen molar-refractivity contribution in [3.05, 3.63) is 23.3 Å². The van der Waals surface area contributed by atoms with Crippen molar-refractivity contribution in [1.82, 2.24) is 0 Å². The molecular weight excluding hydrogens is 464 g/mol. The summed E-state index contributed by atoms with van der Waals surface area (Å²) >= 11 is 0. The van der Waals surface area contributed by atoms with Crippen molar-refractivity contribution >= 4 is 5.97 Å². The van der Waals surface area contributed by atoms with Crippen LogP contribution in [0.3, 0.4) is 0 Å². The molecule has 4 aliphatic rings. The Morgan fingerprint density at radius 3 is 2.41 bits per heavy atom. The number of ether oxygens (including phenoxy) is 1. The molecule has 0 aromatic rings. The van der Waals surface area contributed by atoms with Crippen LogP contribution in [0.25, 0.3) is 0 Å². The summed E-state index contributed by atoms with van der Waals surface area (Å²) < 4.78 is 5.82. The molecule has 0 heterocycles. The Balaban J connectivity index is 1.58. The van der Waals surface area contributed by atoms with Crippen molar-refractivity contribution in [3.63, 3.8) is 0 Å². The molecule has 0 aliphatic heterocycles. The van der Waals surface area contributed by atoms with E-state index in [2.05, 4.69) is 53.7 Å².